The van der Waals surface area contributed by atoms with Gasteiger partial charge in [0.05, 0.1) is 0 Å². The van der Waals surface area contributed by atoms with Gasteiger partial charge in [-0.05, 0) is 49.6 Å². The van der Waals surface area contributed by atoms with E-state index in [1.807, 2.05) is 0 Å². The molecule has 0 saturated carbocycles. The highest BCUT2D eigenvalue weighted by atomic mass is 19.1. The van der Waals surface area contributed by atoms with Crippen LogP contribution in [0.4, 0.5) is 10.1 Å². The summed E-state index contributed by atoms with van der Waals surface area (Å²) in [5.41, 5.74) is 6.07. The van der Waals surface area contributed by atoms with Crippen molar-refractivity contribution in [2.24, 2.45) is 11.7 Å². The molecule has 0 spiro atoms. The van der Waals surface area contributed by atoms with E-state index < -0.39 is 0 Å². The van der Waals surface area contributed by atoms with Crippen LogP contribution in [0.25, 0.3) is 0 Å². The average molecular weight is 238 g/mol. The van der Waals surface area contributed by atoms with E-state index in [0.717, 1.165) is 12.8 Å². The number of nitrogens with one attached hydrogen (secondary N) is 1. The van der Waals surface area contributed by atoms with Gasteiger partial charge in [-0.3, -0.25) is 4.79 Å². The van der Waals surface area contributed by atoms with E-state index in [-0.39, 0.29) is 11.7 Å². The Kier molecular flexibility index (Phi) is 5.63. The van der Waals surface area contributed by atoms with Crippen LogP contribution >= 0.6 is 0 Å². The topological polar surface area (TPSA) is 55.1 Å². The highest BCUT2D eigenvalue weighted by molar-refractivity contribution is 5.90. The number of carbonyl (C=O) groups excluding carboxylic acids is 1. The van der Waals surface area contributed by atoms with Crippen LogP contribution < -0.4 is 11.1 Å². The van der Waals surface area contributed by atoms with Crippen molar-refractivity contribution in [3.63, 3.8) is 0 Å². The molecule has 3 nitrogen and oxygen atoms in total. The lowest BCUT2D eigenvalue weighted by molar-refractivity contribution is -0.116. The second kappa shape index (κ2) is 7.01. The SMILES string of the molecule is CC(CCN)CCC(=O)Nc1ccc(F)cc1. The molecule has 0 aliphatic carbocycles. The quantitative estimate of drug-likeness (QED) is 0.800. The van der Waals surface area contributed by atoms with Crippen LogP contribution in [0.3, 0.4) is 0 Å². The Morgan fingerprint density at radius 2 is 2.00 bits per heavy atom. The highest BCUT2D eigenvalue weighted by Gasteiger charge is 2.06. The Hall–Kier alpha value is -1.42. The van der Waals surface area contributed by atoms with Gasteiger partial charge in [0.15, 0.2) is 0 Å². The summed E-state index contributed by atoms with van der Waals surface area (Å²) in [4.78, 5) is 11.6. The van der Waals surface area contributed by atoms with Crippen LogP contribution in [0.15, 0.2) is 24.3 Å². The highest BCUT2D eigenvalue weighted by Crippen LogP contribution is 2.12. The minimum Gasteiger partial charge on any atom is -0.330 e. The van der Waals surface area contributed by atoms with Crippen LogP contribution in [-0.2, 0) is 4.79 Å². The second-order valence-electron chi connectivity index (χ2n) is 4.28. The molecule has 1 atom stereocenters. The first-order valence-electron chi connectivity index (χ1n) is 5.87. The summed E-state index contributed by atoms with van der Waals surface area (Å²) in [5.74, 6) is 0.110. The summed E-state index contributed by atoms with van der Waals surface area (Å²) in [7, 11) is 0. The number of halogens is 1. The van der Waals surface area contributed by atoms with Crippen molar-refractivity contribution in [2.75, 3.05) is 11.9 Å². The van der Waals surface area contributed by atoms with E-state index in [0.29, 0.717) is 24.6 Å². The second-order valence-corrected chi connectivity index (χ2v) is 4.28. The fourth-order valence-corrected chi connectivity index (χ4v) is 1.56. The van der Waals surface area contributed by atoms with Crippen molar-refractivity contribution < 1.29 is 9.18 Å². The van der Waals surface area contributed by atoms with Crippen molar-refractivity contribution in [1.82, 2.24) is 0 Å². The smallest absolute Gasteiger partial charge is 0.224 e. The van der Waals surface area contributed by atoms with Gasteiger partial charge in [0.25, 0.3) is 0 Å². The number of rotatable bonds is 6. The Morgan fingerprint density at radius 1 is 1.35 bits per heavy atom. The maximum absolute atomic E-state index is 12.6. The van der Waals surface area contributed by atoms with Crippen molar-refractivity contribution >= 4 is 11.6 Å². The standard InChI is InChI=1S/C13H19FN2O/c1-10(8-9-15)2-7-13(17)16-12-5-3-11(14)4-6-12/h3-6,10H,2,7-9,15H2,1H3,(H,16,17). The number of carbonyl (C=O) groups is 1. The summed E-state index contributed by atoms with van der Waals surface area (Å²) >= 11 is 0. The summed E-state index contributed by atoms with van der Waals surface area (Å²) in [6, 6.07) is 5.76. The van der Waals surface area contributed by atoms with Gasteiger partial charge in [-0.15, -0.1) is 0 Å². The number of hydrogen-bond donors (Lipinski definition) is 2. The number of hydrogen-bond acceptors (Lipinski definition) is 2. The molecule has 0 saturated heterocycles. The first-order valence-corrected chi connectivity index (χ1v) is 5.87. The van der Waals surface area contributed by atoms with Crippen LogP contribution in [-0.4, -0.2) is 12.5 Å². The molecular formula is C13H19FN2O. The van der Waals surface area contributed by atoms with Crippen LogP contribution in [0.1, 0.15) is 26.2 Å². The molecule has 17 heavy (non-hydrogen) atoms. The van der Waals surface area contributed by atoms with E-state index in [1.165, 1.54) is 12.1 Å². The molecule has 0 aliphatic rings. The number of nitrogens with two attached hydrogens (primary N) is 1. The van der Waals surface area contributed by atoms with Gasteiger partial charge in [0, 0.05) is 12.1 Å². The lowest BCUT2D eigenvalue weighted by Crippen LogP contribution is -2.14. The fraction of sp³-hybridized carbons (Fsp3) is 0.462. The molecule has 0 radical (unpaired) electrons. The van der Waals surface area contributed by atoms with E-state index in [4.69, 9.17) is 5.73 Å². The van der Waals surface area contributed by atoms with Gasteiger partial charge >= 0.3 is 0 Å². The normalized spacial score (nSPS) is 12.2. The Bertz CT molecular complexity index is 351. The molecule has 0 fully saturated rings. The number of anilines is 1. The zero-order valence-corrected chi connectivity index (χ0v) is 10.1. The number of amides is 1. The molecule has 0 aliphatic heterocycles. The van der Waals surface area contributed by atoms with Gasteiger partial charge in [-0.25, -0.2) is 4.39 Å². The summed E-state index contributed by atoms with van der Waals surface area (Å²) in [6.07, 6.45) is 2.23. The van der Waals surface area contributed by atoms with E-state index in [2.05, 4.69) is 12.2 Å². The molecule has 4 heteroatoms. The molecule has 1 aromatic rings. The lowest BCUT2D eigenvalue weighted by atomic mass is 10.0. The molecule has 0 aromatic heterocycles. The third-order valence-electron chi connectivity index (χ3n) is 2.65. The van der Waals surface area contributed by atoms with Crippen molar-refractivity contribution in [1.29, 1.82) is 0 Å². The van der Waals surface area contributed by atoms with Gasteiger partial charge in [-0.2, -0.15) is 0 Å². The zero-order valence-electron chi connectivity index (χ0n) is 10.1. The first kappa shape index (κ1) is 13.6. The van der Waals surface area contributed by atoms with Crippen molar-refractivity contribution in [3.05, 3.63) is 30.1 Å². The molecule has 0 bridgehead atoms. The van der Waals surface area contributed by atoms with Gasteiger partial charge in [-0.1, -0.05) is 6.92 Å². The molecule has 1 amide bonds. The van der Waals surface area contributed by atoms with Gasteiger partial charge < -0.3 is 11.1 Å². The van der Waals surface area contributed by atoms with Crippen LogP contribution in [0.5, 0.6) is 0 Å². The molecule has 1 rings (SSSR count). The monoisotopic (exact) mass is 238 g/mol. The lowest BCUT2D eigenvalue weighted by Gasteiger charge is -2.09. The summed E-state index contributed by atoms with van der Waals surface area (Å²) < 4.78 is 12.6. The largest absolute Gasteiger partial charge is 0.330 e. The first-order chi connectivity index (χ1) is 8.11. The predicted octanol–water partition coefficient (Wildman–Crippen LogP) is 2.53. The molecule has 1 unspecified atom stereocenters. The predicted molar refractivity (Wildman–Crippen MR) is 67.1 cm³/mol. The molecule has 0 heterocycles. The third kappa shape index (κ3) is 5.45. The summed E-state index contributed by atoms with van der Waals surface area (Å²) in [6.45, 7) is 2.73. The maximum atomic E-state index is 12.6. The summed E-state index contributed by atoms with van der Waals surface area (Å²) in [5, 5.41) is 2.73. The van der Waals surface area contributed by atoms with Crippen LogP contribution in [0.2, 0.25) is 0 Å². The minimum absolute atomic E-state index is 0.0412. The molecule has 3 N–H and O–H groups in total. The van der Waals surface area contributed by atoms with Crippen molar-refractivity contribution in [3.8, 4) is 0 Å². The van der Waals surface area contributed by atoms with E-state index in [9.17, 15) is 9.18 Å². The van der Waals surface area contributed by atoms with Crippen molar-refractivity contribution in [2.45, 2.75) is 26.2 Å². The third-order valence-corrected chi connectivity index (χ3v) is 2.65. The Balaban J connectivity index is 2.32. The Labute approximate surface area is 101 Å². The Morgan fingerprint density at radius 3 is 2.59 bits per heavy atom. The maximum Gasteiger partial charge on any atom is 0.224 e. The molecule has 94 valence electrons. The van der Waals surface area contributed by atoms with Gasteiger partial charge in [0.2, 0.25) is 5.91 Å². The fourth-order valence-electron chi connectivity index (χ4n) is 1.56. The van der Waals surface area contributed by atoms with Gasteiger partial charge in [0.1, 0.15) is 5.82 Å². The van der Waals surface area contributed by atoms with E-state index in [1.54, 1.807) is 12.1 Å². The molecule has 1 aromatic carbocycles. The average Bonchev–Trinajstić information content (AvgIpc) is 2.30. The number of benzene rings is 1. The zero-order chi connectivity index (χ0) is 12.7. The minimum atomic E-state index is -0.306. The van der Waals surface area contributed by atoms with E-state index >= 15 is 0 Å². The van der Waals surface area contributed by atoms with Crippen LogP contribution in [0, 0.1) is 11.7 Å². The molecular weight excluding hydrogens is 219 g/mol.